The van der Waals surface area contributed by atoms with Gasteiger partial charge in [-0.2, -0.15) is 0 Å². The van der Waals surface area contributed by atoms with Crippen LogP contribution in [-0.4, -0.2) is 26.9 Å². The molecule has 2 amide bonds. The molecule has 0 aromatic heterocycles. The average molecular weight is 511 g/mol. The largest absolute Gasteiger partial charge is 0.423 e. The number of hydrogen-bond donors (Lipinski definition) is 0. The quantitative estimate of drug-likeness (QED) is 0.0999. The van der Waals surface area contributed by atoms with Crippen LogP contribution in [0.4, 0.5) is 10.5 Å². The van der Waals surface area contributed by atoms with Crippen LogP contribution in [0.15, 0.2) is 95.9 Å². The summed E-state index contributed by atoms with van der Waals surface area (Å²) in [4.78, 5) is 49.9. The summed E-state index contributed by atoms with van der Waals surface area (Å²) >= 11 is 0.857. The van der Waals surface area contributed by atoms with E-state index in [0.29, 0.717) is 5.56 Å². The number of thioether (sulfide) groups is 1. The third kappa shape index (κ3) is 5.12. The van der Waals surface area contributed by atoms with Crippen molar-refractivity contribution in [3.63, 3.8) is 0 Å². The van der Waals surface area contributed by atoms with Gasteiger partial charge >= 0.3 is 5.97 Å². The van der Waals surface area contributed by atoms with E-state index < -0.39 is 16.8 Å². The summed E-state index contributed by atoms with van der Waals surface area (Å²) in [6, 6.07) is 25.2. The number of ether oxygens (including phenoxy) is 1. The zero-order valence-electron chi connectivity index (χ0n) is 19.2. The molecule has 37 heavy (non-hydrogen) atoms. The van der Waals surface area contributed by atoms with E-state index in [1.807, 2.05) is 42.5 Å². The number of fused-ring (bicyclic) bond motifs is 1. The normalized spacial score (nSPS) is 14.4. The van der Waals surface area contributed by atoms with Crippen LogP contribution in [-0.2, 0) is 11.3 Å². The van der Waals surface area contributed by atoms with E-state index >= 15 is 0 Å². The Bertz CT molecular complexity index is 1590. The number of carbonyl (C=O) groups is 3. The molecular formula is C28H18N2O6S. The Labute approximate surface area is 215 Å². The van der Waals surface area contributed by atoms with Crippen molar-refractivity contribution in [2.24, 2.45) is 0 Å². The average Bonchev–Trinajstić information content (AvgIpc) is 3.16. The number of amides is 2. The van der Waals surface area contributed by atoms with Crippen LogP contribution in [0.1, 0.15) is 21.5 Å². The highest BCUT2D eigenvalue weighted by molar-refractivity contribution is 8.18. The fraction of sp³-hybridized carbons (Fsp3) is 0.0357. The first-order valence-corrected chi connectivity index (χ1v) is 12.0. The minimum absolute atomic E-state index is 0.132. The van der Waals surface area contributed by atoms with Crippen LogP contribution in [0.3, 0.4) is 0 Å². The Balaban J connectivity index is 1.32. The molecule has 182 valence electrons. The van der Waals surface area contributed by atoms with Gasteiger partial charge in [0.25, 0.3) is 16.8 Å². The van der Waals surface area contributed by atoms with Crippen LogP contribution in [0.25, 0.3) is 16.8 Å². The van der Waals surface area contributed by atoms with Crippen molar-refractivity contribution in [1.29, 1.82) is 0 Å². The SMILES string of the molecule is O=C(Oc1cccc(/C=C2\SC(=O)N(Cc3cccc4ccccc34)C2=O)c1)c1ccc([N+](=O)[O-])cc1. The van der Waals surface area contributed by atoms with Crippen molar-refractivity contribution in [3.05, 3.63) is 123 Å². The molecule has 1 aliphatic heterocycles. The third-order valence-electron chi connectivity index (χ3n) is 5.76. The minimum atomic E-state index is -0.678. The lowest BCUT2D eigenvalue weighted by atomic mass is 10.0. The van der Waals surface area contributed by atoms with Crippen LogP contribution in [0.2, 0.25) is 0 Å². The number of nitrogens with zero attached hydrogens (tertiary/aromatic N) is 2. The summed E-state index contributed by atoms with van der Waals surface area (Å²) in [6.45, 7) is 0.163. The second-order valence-electron chi connectivity index (χ2n) is 8.17. The summed E-state index contributed by atoms with van der Waals surface area (Å²) in [6.07, 6.45) is 1.58. The summed E-state index contributed by atoms with van der Waals surface area (Å²) in [7, 11) is 0. The van der Waals surface area contributed by atoms with E-state index in [2.05, 4.69) is 0 Å². The molecule has 0 N–H and O–H groups in total. The number of esters is 1. The lowest BCUT2D eigenvalue weighted by Crippen LogP contribution is -2.27. The van der Waals surface area contributed by atoms with E-state index in [1.165, 1.54) is 29.2 Å². The molecule has 1 heterocycles. The number of rotatable bonds is 6. The predicted octanol–water partition coefficient (Wildman–Crippen LogP) is 6.20. The molecule has 0 bridgehead atoms. The van der Waals surface area contributed by atoms with Crippen LogP contribution in [0.5, 0.6) is 5.75 Å². The van der Waals surface area contributed by atoms with Crippen molar-refractivity contribution in [3.8, 4) is 5.75 Å². The minimum Gasteiger partial charge on any atom is -0.423 e. The number of nitro groups is 1. The summed E-state index contributed by atoms with van der Waals surface area (Å²) in [5.41, 5.74) is 1.48. The molecule has 1 fully saturated rings. The highest BCUT2D eigenvalue weighted by atomic mass is 32.2. The maximum absolute atomic E-state index is 13.1. The van der Waals surface area contributed by atoms with Gasteiger partial charge in [-0.05, 0) is 64.0 Å². The van der Waals surface area contributed by atoms with Gasteiger partial charge in [0, 0.05) is 12.1 Å². The van der Waals surface area contributed by atoms with Gasteiger partial charge in [-0.15, -0.1) is 0 Å². The summed E-state index contributed by atoms with van der Waals surface area (Å²) < 4.78 is 5.39. The van der Waals surface area contributed by atoms with Gasteiger partial charge in [0.05, 0.1) is 21.9 Å². The molecule has 0 radical (unpaired) electrons. The first kappa shape index (κ1) is 24.0. The molecule has 9 heteroatoms. The van der Waals surface area contributed by atoms with Crippen LogP contribution in [0, 0.1) is 10.1 Å². The molecular weight excluding hydrogens is 492 g/mol. The number of benzene rings is 4. The smallest absolute Gasteiger partial charge is 0.343 e. The zero-order chi connectivity index (χ0) is 25.9. The molecule has 8 nitrogen and oxygen atoms in total. The first-order valence-electron chi connectivity index (χ1n) is 11.2. The van der Waals surface area contributed by atoms with E-state index in [0.717, 1.165) is 28.1 Å². The number of nitro benzene ring substituents is 1. The summed E-state index contributed by atoms with van der Waals surface area (Å²) in [5, 5.41) is 12.4. The maximum atomic E-state index is 13.1. The van der Waals surface area contributed by atoms with E-state index in [9.17, 15) is 24.5 Å². The standard InChI is InChI=1S/C28H18N2O6S/c31-26-25(37-28(33)29(26)17-21-8-4-7-19-6-1-2-10-24(19)21)16-18-5-3-9-23(15-18)36-27(32)20-11-13-22(14-12-20)30(34)35/h1-16H,17H2/b25-16-. The molecule has 0 spiro atoms. The molecule has 0 unspecified atom stereocenters. The van der Waals surface area contributed by atoms with Gasteiger partial charge in [-0.1, -0.05) is 54.6 Å². The van der Waals surface area contributed by atoms with Crippen molar-refractivity contribution in [2.45, 2.75) is 6.54 Å². The Kier molecular flexibility index (Phi) is 6.53. The van der Waals surface area contributed by atoms with Crippen molar-refractivity contribution in [2.75, 3.05) is 0 Å². The zero-order valence-corrected chi connectivity index (χ0v) is 20.0. The highest BCUT2D eigenvalue weighted by Crippen LogP contribution is 2.34. The Morgan fingerprint density at radius 3 is 2.46 bits per heavy atom. The number of carbonyl (C=O) groups excluding carboxylic acids is 3. The lowest BCUT2D eigenvalue weighted by molar-refractivity contribution is -0.384. The molecule has 0 aliphatic carbocycles. The van der Waals surface area contributed by atoms with Gasteiger partial charge < -0.3 is 4.74 Å². The van der Waals surface area contributed by atoms with E-state index in [4.69, 9.17) is 4.74 Å². The Hall–Kier alpha value is -4.76. The second kappa shape index (κ2) is 10.1. The molecule has 1 saturated heterocycles. The fourth-order valence-corrected chi connectivity index (χ4v) is 4.78. The molecule has 4 aromatic rings. The van der Waals surface area contributed by atoms with Gasteiger partial charge in [-0.3, -0.25) is 24.6 Å². The van der Waals surface area contributed by atoms with Gasteiger partial charge in [0.2, 0.25) is 0 Å². The fourth-order valence-electron chi connectivity index (χ4n) is 3.94. The third-order valence-corrected chi connectivity index (χ3v) is 6.67. The number of hydrogen-bond acceptors (Lipinski definition) is 7. The number of imide groups is 1. The van der Waals surface area contributed by atoms with Crippen LogP contribution < -0.4 is 4.74 Å². The van der Waals surface area contributed by atoms with Crippen molar-refractivity contribution >= 4 is 51.4 Å². The van der Waals surface area contributed by atoms with E-state index in [1.54, 1.807) is 30.3 Å². The molecule has 5 rings (SSSR count). The predicted molar refractivity (Wildman–Crippen MR) is 140 cm³/mol. The second-order valence-corrected chi connectivity index (χ2v) is 9.17. The Morgan fingerprint density at radius 2 is 1.68 bits per heavy atom. The van der Waals surface area contributed by atoms with Crippen molar-refractivity contribution < 1.29 is 24.0 Å². The van der Waals surface area contributed by atoms with E-state index in [-0.39, 0.29) is 33.7 Å². The van der Waals surface area contributed by atoms with Crippen LogP contribution >= 0.6 is 11.8 Å². The maximum Gasteiger partial charge on any atom is 0.343 e. The van der Waals surface area contributed by atoms with Crippen molar-refractivity contribution in [1.82, 2.24) is 4.90 Å². The molecule has 4 aromatic carbocycles. The van der Waals surface area contributed by atoms with Gasteiger partial charge in [0.1, 0.15) is 5.75 Å². The Morgan fingerprint density at radius 1 is 0.946 bits per heavy atom. The monoisotopic (exact) mass is 510 g/mol. The summed E-state index contributed by atoms with van der Waals surface area (Å²) in [5.74, 6) is -0.842. The first-order chi connectivity index (χ1) is 17.9. The topological polar surface area (TPSA) is 107 Å². The highest BCUT2D eigenvalue weighted by Gasteiger charge is 2.35. The molecule has 1 aliphatic rings. The van der Waals surface area contributed by atoms with Gasteiger partial charge in [0.15, 0.2) is 0 Å². The number of non-ortho nitro benzene ring substituents is 1. The van der Waals surface area contributed by atoms with Gasteiger partial charge in [-0.25, -0.2) is 4.79 Å². The lowest BCUT2D eigenvalue weighted by Gasteiger charge is -2.14. The molecule has 0 saturated carbocycles. The molecule has 0 atom stereocenters.